The molecule has 1 aromatic heterocycles. The molecule has 1 aromatic carbocycles. The van der Waals surface area contributed by atoms with Gasteiger partial charge in [0.05, 0.1) is 11.9 Å². The zero-order valence-corrected chi connectivity index (χ0v) is 11.4. The lowest BCUT2D eigenvalue weighted by Crippen LogP contribution is -2.20. The van der Waals surface area contributed by atoms with Crippen molar-refractivity contribution < 1.29 is 4.79 Å². The molecular weight excluding hydrogens is 294 g/mol. The first-order valence-electron chi connectivity index (χ1n) is 5.39. The predicted octanol–water partition coefficient (Wildman–Crippen LogP) is 3.80. The number of halogens is 1. The molecule has 92 valence electrons. The standard InChI is InChI=1S/C13H12BrN3O/c1-9-4-2-3-5-12(9)17-13(18)16-11-6-10(14)7-15-8-11/h2-8H,1H3,(H2,16,17,18). The summed E-state index contributed by atoms with van der Waals surface area (Å²) in [5.74, 6) is 0. The quantitative estimate of drug-likeness (QED) is 0.886. The Hall–Kier alpha value is -1.88. The van der Waals surface area contributed by atoms with Gasteiger partial charge in [0.2, 0.25) is 0 Å². The third kappa shape index (κ3) is 3.30. The summed E-state index contributed by atoms with van der Waals surface area (Å²) < 4.78 is 0.816. The van der Waals surface area contributed by atoms with Gasteiger partial charge in [-0.05, 0) is 40.5 Å². The van der Waals surface area contributed by atoms with Crippen molar-refractivity contribution in [2.45, 2.75) is 6.92 Å². The van der Waals surface area contributed by atoms with Crippen LogP contribution in [0.4, 0.5) is 16.2 Å². The van der Waals surface area contributed by atoms with E-state index in [2.05, 4.69) is 31.5 Å². The van der Waals surface area contributed by atoms with E-state index in [1.165, 1.54) is 0 Å². The number of para-hydroxylation sites is 1. The molecule has 2 rings (SSSR count). The minimum atomic E-state index is -0.288. The molecule has 0 unspecified atom stereocenters. The number of rotatable bonds is 2. The Morgan fingerprint density at radius 3 is 2.72 bits per heavy atom. The summed E-state index contributed by atoms with van der Waals surface area (Å²) in [6, 6.07) is 9.10. The first-order chi connectivity index (χ1) is 8.65. The number of nitrogens with one attached hydrogen (secondary N) is 2. The lowest BCUT2D eigenvalue weighted by atomic mass is 10.2. The molecule has 0 spiro atoms. The van der Waals surface area contributed by atoms with Crippen LogP contribution in [0.5, 0.6) is 0 Å². The molecule has 0 fully saturated rings. The number of pyridine rings is 1. The van der Waals surface area contributed by atoms with Crippen molar-refractivity contribution in [2.24, 2.45) is 0 Å². The molecule has 2 amide bonds. The molecule has 1 heterocycles. The van der Waals surface area contributed by atoms with E-state index in [4.69, 9.17) is 0 Å². The van der Waals surface area contributed by atoms with Crippen molar-refractivity contribution >= 4 is 33.3 Å². The van der Waals surface area contributed by atoms with E-state index >= 15 is 0 Å². The fourth-order valence-electron chi connectivity index (χ4n) is 1.48. The Labute approximate surface area is 114 Å². The number of anilines is 2. The highest BCUT2D eigenvalue weighted by molar-refractivity contribution is 9.10. The Bertz CT molecular complexity index is 572. The van der Waals surface area contributed by atoms with Gasteiger partial charge in [-0.2, -0.15) is 0 Å². The number of aryl methyl sites for hydroxylation is 1. The molecule has 5 heteroatoms. The zero-order valence-electron chi connectivity index (χ0n) is 9.77. The maximum Gasteiger partial charge on any atom is 0.323 e. The maximum atomic E-state index is 11.8. The lowest BCUT2D eigenvalue weighted by Gasteiger charge is -2.09. The van der Waals surface area contributed by atoms with Crippen molar-refractivity contribution in [3.63, 3.8) is 0 Å². The highest BCUT2D eigenvalue weighted by Crippen LogP contribution is 2.16. The van der Waals surface area contributed by atoms with Gasteiger partial charge in [-0.3, -0.25) is 4.98 Å². The van der Waals surface area contributed by atoms with Gasteiger partial charge in [-0.1, -0.05) is 18.2 Å². The molecule has 2 aromatic rings. The molecule has 18 heavy (non-hydrogen) atoms. The molecular formula is C13H12BrN3O. The number of benzene rings is 1. The van der Waals surface area contributed by atoms with E-state index in [0.717, 1.165) is 15.7 Å². The summed E-state index contributed by atoms with van der Waals surface area (Å²) >= 11 is 3.30. The van der Waals surface area contributed by atoms with Gasteiger partial charge in [-0.15, -0.1) is 0 Å². The Morgan fingerprint density at radius 2 is 2.00 bits per heavy atom. The first kappa shape index (κ1) is 12.6. The van der Waals surface area contributed by atoms with Gasteiger partial charge in [-0.25, -0.2) is 4.79 Å². The van der Waals surface area contributed by atoms with E-state index in [9.17, 15) is 4.79 Å². The number of nitrogens with zero attached hydrogens (tertiary/aromatic N) is 1. The average molecular weight is 306 g/mol. The third-order valence-corrected chi connectivity index (χ3v) is 2.79. The van der Waals surface area contributed by atoms with Crippen LogP contribution in [0.15, 0.2) is 47.2 Å². The highest BCUT2D eigenvalue weighted by Gasteiger charge is 2.04. The number of carbonyl (C=O) groups is 1. The van der Waals surface area contributed by atoms with E-state index in [-0.39, 0.29) is 6.03 Å². The monoisotopic (exact) mass is 305 g/mol. The van der Waals surface area contributed by atoms with E-state index in [0.29, 0.717) is 5.69 Å². The van der Waals surface area contributed by atoms with Crippen LogP contribution >= 0.6 is 15.9 Å². The maximum absolute atomic E-state index is 11.8. The molecule has 4 nitrogen and oxygen atoms in total. The fourth-order valence-corrected chi connectivity index (χ4v) is 1.84. The topological polar surface area (TPSA) is 54.0 Å². The van der Waals surface area contributed by atoms with Crippen LogP contribution in [0, 0.1) is 6.92 Å². The second-order valence-corrected chi connectivity index (χ2v) is 4.70. The fraction of sp³-hybridized carbons (Fsp3) is 0.0769. The first-order valence-corrected chi connectivity index (χ1v) is 6.18. The van der Waals surface area contributed by atoms with Crippen LogP contribution in [0.3, 0.4) is 0 Å². The Balaban J connectivity index is 2.03. The van der Waals surface area contributed by atoms with Crippen LogP contribution in [0.25, 0.3) is 0 Å². The molecule has 0 atom stereocenters. The van der Waals surface area contributed by atoms with Crippen LogP contribution in [0.1, 0.15) is 5.56 Å². The van der Waals surface area contributed by atoms with E-state index < -0.39 is 0 Å². The summed E-state index contributed by atoms with van der Waals surface area (Å²) in [6.07, 6.45) is 3.24. The van der Waals surface area contributed by atoms with Crippen LogP contribution < -0.4 is 10.6 Å². The van der Waals surface area contributed by atoms with Crippen molar-refractivity contribution in [1.29, 1.82) is 0 Å². The lowest BCUT2D eigenvalue weighted by molar-refractivity contribution is 0.262. The van der Waals surface area contributed by atoms with Crippen LogP contribution in [-0.4, -0.2) is 11.0 Å². The highest BCUT2D eigenvalue weighted by atomic mass is 79.9. The molecule has 0 aliphatic heterocycles. The number of carbonyl (C=O) groups excluding carboxylic acids is 1. The van der Waals surface area contributed by atoms with Crippen molar-refractivity contribution in [2.75, 3.05) is 10.6 Å². The van der Waals surface area contributed by atoms with Crippen molar-refractivity contribution in [1.82, 2.24) is 4.98 Å². The molecule has 2 N–H and O–H groups in total. The SMILES string of the molecule is Cc1ccccc1NC(=O)Nc1cncc(Br)c1. The van der Waals surface area contributed by atoms with Gasteiger partial charge < -0.3 is 10.6 Å². The zero-order chi connectivity index (χ0) is 13.0. The van der Waals surface area contributed by atoms with Crippen molar-refractivity contribution in [3.8, 4) is 0 Å². The van der Waals surface area contributed by atoms with Gasteiger partial charge in [0.25, 0.3) is 0 Å². The molecule has 0 bridgehead atoms. The minimum absolute atomic E-state index is 0.288. The normalized spacial score (nSPS) is 9.89. The minimum Gasteiger partial charge on any atom is -0.307 e. The number of hydrogen-bond acceptors (Lipinski definition) is 2. The number of aromatic nitrogens is 1. The third-order valence-electron chi connectivity index (χ3n) is 2.36. The Morgan fingerprint density at radius 1 is 1.22 bits per heavy atom. The van der Waals surface area contributed by atoms with Gasteiger partial charge >= 0.3 is 6.03 Å². The van der Waals surface area contributed by atoms with Crippen LogP contribution in [0.2, 0.25) is 0 Å². The number of hydrogen-bond donors (Lipinski definition) is 2. The molecule has 0 aliphatic carbocycles. The molecule has 0 saturated heterocycles. The average Bonchev–Trinajstić information content (AvgIpc) is 2.32. The second-order valence-electron chi connectivity index (χ2n) is 3.79. The smallest absolute Gasteiger partial charge is 0.307 e. The number of amides is 2. The van der Waals surface area contributed by atoms with Gasteiger partial charge in [0.1, 0.15) is 0 Å². The molecule has 0 radical (unpaired) electrons. The van der Waals surface area contributed by atoms with Crippen LogP contribution in [-0.2, 0) is 0 Å². The summed E-state index contributed by atoms with van der Waals surface area (Å²) in [5, 5.41) is 5.50. The van der Waals surface area contributed by atoms with Gasteiger partial charge in [0.15, 0.2) is 0 Å². The van der Waals surface area contributed by atoms with Crippen molar-refractivity contribution in [3.05, 3.63) is 52.8 Å². The second kappa shape index (κ2) is 5.64. The number of urea groups is 1. The Kier molecular flexibility index (Phi) is 3.94. The molecule has 0 saturated carbocycles. The van der Waals surface area contributed by atoms with E-state index in [1.807, 2.05) is 31.2 Å². The summed E-state index contributed by atoms with van der Waals surface area (Å²) in [5.41, 5.74) is 2.44. The summed E-state index contributed by atoms with van der Waals surface area (Å²) in [7, 11) is 0. The summed E-state index contributed by atoms with van der Waals surface area (Å²) in [6.45, 7) is 1.94. The predicted molar refractivity (Wildman–Crippen MR) is 75.8 cm³/mol. The van der Waals surface area contributed by atoms with E-state index in [1.54, 1.807) is 18.5 Å². The van der Waals surface area contributed by atoms with Gasteiger partial charge in [0, 0.05) is 16.4 Å². The largest absolute Gasteiger partial charge is 0.323 e. The molecule has 0 aliphatic rings. The summed E-state index contributed by atoms with van der Waals surface area (Å²) in [4.78, 5) is 15.8.